The second kappa shape index (κ2) is 24.3. The van der Waals surface area contributed by atoms with Crippen LogP contribution in [0.5, 0.6) is 0 Å². The standard InChI is InChI=1S/C8H11O.C2H5.3ClH.Ti/c1-9-7-6-8-4-2-3-5-8;1-2;;;;/h2,4H,3,6-7H2,1H3;1H2,2H3;3*1H;/q2*-1;;;;+2/p-3. The number of hydrogen-bond acceptors (Lipinski definition) is 1. The molecule has 0 radical (unpaired) electrons. The molecule has 0 aromatic rings. The molecule has 0 atom stereocenters. The molecule has 0 fully saturated rings. The summed E-state index contributed by atoms with van der Waals surface area (Å²) >= 11 is 0. The van der Waals surface area contributed by atoms with Crippen LogP contribution >= 0.6 is 0 Å². The molecule has 1 aliphatic carbocycles. The average molecular weight is 306 g/mol. The zero-order valence-electron chi connectivity index (χ0n) is 9.03. The minimum Gasteiger partial charge on any atom is -1.00 e. The summed E-state index contributed by atoms with van der Waals surface area (Å²) in [5, 5.41) is 0. The maximum Gasteiger partial charge on any atom is 2.00 e. The maximum absolute atomic E-state index is 4.91. The van der Waals surface area contributed by atoms with E-state index in [0.29, 0.717) is 0 Å². The van der Waals surface area contributed by atoms with Crippen molar-refractivity contribution in [3.05, 3.63) is 30.7 Å². The Bertz CT molecular complexity index is 150. The molecule has 0 aromatic carbocycles. The van der Waals surface area contributed by atoms with Gasteiger partial charge in [-0.3, -0.25) is 6.08 Å². The smallest absolute Gasteiger partial charge is 1.00 e. The molecule has 0 saturated heterocycles. The molecule has 0 N–H and O–H groups in total. The fraction of sp³-hybridized carbons (Fsp3) is 0.500. The van der Waals surface area contributed by atoms with Crippen molar-refractivity contribution in [2.75, 3.05) is 13.7 Å². The molecule has 0 heterocycles. The molecular weight excluding hydrogens is 290 g/mol. The van der Waals surface area contributed by atoms with Crippen LogP contribution in [0.15, 0.2) is 17.7 Å². The first-order valence-electron chi connectivity index (χ1n) is 3.89. The van der Waals surface area contributed by atoms with Crippen LogP contribution in [-0.4, -0.2) is 13.7 Å². The van der Waals surface area contributed by atoms with Gasteiger partial charge >= 0.3 is 21.7 Å². The van der Waals surface area contributed by atoms with Gasteiger partial charge in [0.25, 0.3) is 0 Å². The molecule has 5 heteroatoms. The number of ether oxygens (including phenoxy) is 1. The van der Waals surface area contributed by atoms with Gasteiger partial charge in [0.2, 0.25) is 0 Å². The van der Waals surface area contributed by atoms with E-state index >= 15 is 0 Å². The van der Waals surface area contributed by atoms with Crippen LogP contribution in [0.4, 0.5) is 0 Å². The zero-order chi connectivity index (χ0) is 8.53. The summed E-state index contributed by atoms with van der Waals surface area (Å²) in [7, 11) is 1.72. The minimum absolute atomic E-state index is 0. The summed E-state index contributed by atoms with van der Waals surface area (Å²) in [5.74, 6) is 0. The van der Waals surface area contributed by atoms with Crippen molar-refractivity contribution in [1.29, 1.82) is 0 Å². The summed E-state index contributed by atoms with van der Waals surface area (Å²) in [6.07, 6.45) is 9.44. The van der Waals surface area contributed by atoms with Gasteiger partial charge in [0.1, 0.15) is 0 Å². The Morgan fingerprint density at radius 2 is 1.87 bits per heavy atom. The van der Waals surface area contributed by atoms with Crippen molar-refractivity contribution in [2.45, 2.75) is 19.8 Å². The number of halogens is 3. The zero-order valence-corrected chi connectivity index (χ0v) is 12.9. The van der Waals surface area contributed by atoms with Gasteiger partial charge in [0.15, 0.2) is 0 Å². The minimum atomic E-state index is 0. The third-order valence-electron chi connectivity index (χ3n) is 1.34. The Balaban J connectivity index is -0.0000000526. The van der Waals surface area contributed by atoms with E-state index in [1.54, 1.807) is 14.0 Å². The van der Waals surface area contributed by atoms with E-state index in [1.165, 1.54) is 5.57 Å². The SMILES string of the molecule is COCCC1=[C-]CC=C1.[CH2-]C.[Cl-].[Cl-].[Cl-].[Ti+2]. The van der Waals surface area contributed by atoms with Gasteiger partial charge < -0.3 is 48.9 Å². The first kappa shape index (κ1) is 29.8. The Morgan fingerprint density at radius 1 is 1.33 bits per heavy atom. The first-order valence-corrected chi connectivity index (χ1v) is 3.89. The van der Waals surface area contributed by atoms with Gasteiger partial charge in [-0.15, -0.1) is 6.42 Å². The first-order chi connectivity index (χ1) is 5.43. The molecule has 0 spiro atoms. The van der Waals surface area contributed by atoms with Gasteiger partial charge in [0, 0.05) is 13.7 Å². The second-order valence-electron chi connectivity index (χ2n) is 2.05. The third-order valence-corrected chi connectivity index (χ3v) is 1.34. The Morgan fingerprint density at radius 3 is 2.20 bits per heavy atom. The molecule has 90 valence electrons. The van der Waals surface area contributed by atoms with E-state index in [9.17, 15) is 0 Å². The van der Waals surface area contributed by atoms with E-state index < -0.39 is 0 Å². The molecule has 0 unspecified atom stereocenters. The van der Waals surface area contributed by atoms with Crippen LogP contribution in [-0.2, 0) is 26.5 Å². The quantitative estimate of drug-likeness (QED) is 0.372. The summed E-state index contributed by atoms with van der Waals surface area (Å²) in [6, 6.07) is 0. The van der Waals surface area contributed by atoms with E-state index in [0.717, 1.165) is 19.4 Å². The van der Waals surface area contributed by atoms with E-state index in [1.807, 2.05) is 0 Å². The van der Waals surface area contributed by atoms with Crippen LogP contribution in [0.1, 0.15) is 19.8 Å². The van der Waals surface area contributed by atoms with Crippen LogP contribution in [0.2, 0.25) is 0 Å². The fourth-order valence-corrected chi connectivity index (χ4v) is 0.834. The van der Waals surface area contributed by atoms with Crippen LogP contribution in [0, 0.1) is 13.0 Å². The van der Waals surface area contributed by atoms with Crippen molar-refractivity contribution in [1.82, 2.24) is 0 Å². The Labute approximate surface area is 127 Å². The van der Waals surface area contributed by atoms with Gasteiger partial charge in [-0.25, -0.2) is 11.6 Å². The van der Waals surface area contributed by atoms with E-state index in [-0.39, 0.29) is 58.9 Å². The molecule has 1 rings (SSSR count). The fourth-order valence-electron chi connectivity index (χ4n) is 0.834. The topological polar surface area (TPSA) is 9.23 Å². The molecule has 0 aromatic heterocycles. The number of hydrogen-bond donors (Lipinski definition) is 0. The summed E-state index contributed by atoms with van der Waals surface area (Å²) in [6.45, 7) is 5.81. The molecule has 1 nitrogen and oxygen atoms in total. The largest absolute Gasteiger partial charge is 2.00 e. The second-order valence-corrected chi connectivity index (χ2v) is 2.05. The van der Waals surface area contributed by atoms with Gasteiger partial charge in [-0.05, 0) is 6.42 Å². The summed E-state index contributed by atoms with van der Waals surface area (Å²) in [4.78, 5) is 0. The van der Waals surface area contributed by atoms with Crippen molar-refractivity contribution in [3.8, 4) is 0 Å². The molecular formula is C10H16Cl3OTi-3. The predicted octanol–water partition coefficient (Wildman–Crippen LogP) is -6.44. The predicted molar refractivity (Wildman–Crippen MR) is 48.0 cm³/mol. The van der Waals surface area contributed by atoms with Crippen LogP contribution in [0.3, 0.4) is 0 Å². The third kappa shape index (κ3) is 17.6. The maximum atomic E-state index is 4.91. The van der Waals surface area contributed by atoms with Gasteiger partial charge in [-0.1, -0.05) is 0 Å². The molecule has 1 aliphatic rings. The van der Waals surface area contributed by atoms with Crippen molar-refractivity contribution >= 4 is 0 Å². The number of allylic oxidation sites excluding steroid dienone is 3. The van der Waals surface area contributed by atoms with Crippen LogP contribution < -0.4 is 37.2 Å². The van der Waals surface area contributed by atoms with Crippen LogP contribution in [0.25, 0.3) is 0 Å². The normalized spacial score (nSPS) is 10.2. The molecule has 15 heavy (non-hydrogen) atoms. The summed E-state index contributed by atoms with van der Waals surface area (Å²) in [5.41, 5.74) is 1.29. The number of methoxy groups -OCH3 is 1. The van der Waals surface area contributed by atoms with E-state index in [4.69, 9.17) is 4.74 Å². The summed E-state index contributed by atoms with van der Waals surface area (Å²) < 4.78 is 4.91. The number of rotatable bonds is 3. The van der Waals surface area contributed by atoms with Crippen molar-refractivity contribution in [3.63, 3.8) is 0 Å². The van der Waals surface area contributed by atoms with Crippen molar-refractivity contribution in [2.24, 2.45) is 0 Å². The Kier molecular flexibility index (Phi) is 48.2. The van der Waals surface area contributed by atoms with E-state index in [2.05, 4.69) is 25.2 Å². The monoisotopic (exact) mass is 305 g/mol. The Hall–Kier alpha value is 1.02. The molecule has 0 aliphatic heterocycles. The molecule has 0 saturated carbocycles. The molecule has 0 bridgehead atoms. The van der Waals surface area contributed by atoms with Gasteiger partial charge in [-0.2, -0.15) is 13.0 Å². The average Bonchev–Trinajstić information content (AvgIpc) is 2.57. The van der Waals surface area contributed by atoms with Gasteiger partial charge in [0.05, 0.1) is 0 Å². The van der Waals surface area contributed by atoms with Crippen molar-refractivity contribution < 1.29 is 63.7 Å². The molecule has 0 amide bonds.